The molecule has 1 fully saturated rings. The van der Waals surface area contributed by atoms with Crippen molar-refractivity contribution >= 4 is 17.6 Å². The van der Waals surface area contributed by atoms with Gasteiger partial charge in [-0.25, -0.2) is 4.98 Å². The van der Waals surface area contributed by atoms with Crippen LogP contribution in [-0.4, -0.2) is 29.3 Å². The van der Waals surface area contributed by atoms with Crippen LogP contribution in [0.2, 0.25) is 0 Å². The first-order valence-electron chi connectivity index (χ1n) is 4.63. The van der Waals surface area contributed by atoms with Crippen molar-refractivity contribution < 1.29 is 0 Å². The number of thiazole rings is 1. The summed E-state index contributed by atoms with van der Waals surface area (Å²) in [7, 11) is 0. The summed E-state index contributed by atoms with van der Waals surface area (Å²) in [6.07, 6.45) is 7.56. The Hall–Kier alpha value is -0.900. The fourth-order valence-corrected chi connectivity index (χ4v) is 1.91. The van der Waals surface area contributed by atoms with Gasteiger partial charge < -0.3 is 0 Å². The van der Waals surface area contributed by atoms with E-state index in [-0.39, 0.29) is 0 Å². The Morgan fingerprint density at radius 1 is 1.38 bits per heavy atom. The Morgan fingerprint density at radius 2 is 2.23 bits per heavy atom. The average Bonchev–Trinajstić information content (AvgIpc) is 2.69. The molecule has 0 aromatic carbocycles. The molecule has 1 aromatic heterocycles. The highest BCUT2D eigenvalue weighted by Crippen LogP contribution is 2.09. The van der Waals surface area contributed by atoms with Crippen LogP contribution < -0.4 is 0 Å². The monoisotopic (exact) mass is 195 g/mol. The maximum absolute atomic E-state index is 4.38. The van der Waals surface area contributed by atoms with Gasteiger partial charge in [-0.15, -0.1) is 11.3 Å². The topological polar surface area (TPSA) is 28.5 Å². The molecule has 2 heterocycles. The zero-order chi connectivity index (χ0) is 8.93. The third-order valence-electron chi connectivity index (χ3n) is 2.12. The normalized spacial score (nSPS) is 18.3. The highest BCUT2D eigenvalue weighted by atomic mass is 32.1. The first-order valence-corrected chi connectivity index (χ1v) is 5.51. The van der Waals surface area contributed by atoms with Crippen LogP contribution >= 0.6 is 11.3 Å². The van der Waals surface area contributed by atoms with Gasteiger partial charge in [0, 0.05) is 24.7 Å². The average molecular weight is 195 g/mol. The van der Waals surface area contributed by atoms with Crippen molar-refractivity contribution in [2.75, 3.05) is 13.1 Å². The van der Waals surface area contributed by atoms with E-state index >= 15 is 0 Å². The predicted molar refractivity (Wildman–Crippen MR) is 55.1 cm³/mol. The summed E-state index contributed by atoms with van der Waals surface area (Å²) < 4.78 is 0. The number of hydrogen-bond donors (Lipinski definition) is 0. The van der Waals surface area contributed by atoms with Crippen molar-refractivity contribution in [3.05, 3.63) is 16.6 Å². The molecule has 0 atom stereocenters. The number of hydrazone groups is 1. The zero-order valence-corrected chi connectivity index (χ0v) is 8.33. The Labute approximate surface area is 82.1 Å². The highest BCUT2D eigenvalue weighted by molar-refractivity contribution is 7.11. The Bertz CT molecular complexity index is 262. The second kappa shape index (κ2) is 4.37. The lowest BCUT2D eigenvalue weighted by Crippen LogP contribution is -2.24. The predicted octanol–water partition coefficient (Wildman–Crippen LogP) is 1.96. The molecule has 2 rings (SSSR count). The van der Waals surface area contributed by atoms with E-state index in [9.17, 15) is 0 Å². The molecule has 70 valence electrons. The molecule has 0 radical (unpaired) electrons. The fourth-order valence-electron chi connectivity index (χ4n) is 1.42. The lowest BCUT2D eigenvalue weighted by Gasteiger charge is -2.22. The van der Waals surface area contributed by atoms with Crippen molar-refractivity contribution in [1.82, 2.24) is 9.99 Å². The van der Waals surface area contributed by atoms with Crippen molar-refractivity contribution in [3.8, 4) is 0 Å². The van der Waals surface area contributed by atoms with Crippen LogP contribution in [0.15, 0.2) is 16.7 Å². The zero-order valence-electron chi connectivity index (χ0n) is 7.52. The van der Waals surface area contributed by atoms with Crippen LogP contribution in [0.5, 0.6) is 0 Å². The summed E-state index contributed by atoms with van der Waals surface area (Å²) >= 11 is 1.62. The number of aromatic nitrogens is 1. The fraction of sp³-hybridized carbons (Fsp3) is 0.556. The number of nitrogens with zero attached hydrogens (tertiary/aromatic N) is 3. The quantitative estimate of drug-likeness (QED) is 0.675. The van der Waals surface area contributed by atoms with Crippen LogP contribution in [0.1, 0.15) is 24.3 Å². The van der Waals surface area contributed by atoms with E-state index in [0.29, 0.717) is 0 Å². The van der Waals surface area contributed by atoms with Gasteiger partial charge >= 0.3 is 0 Å². The lowest BCUT2D eigenvalue weighted by atomic mass is 10.2. The van der Waals surface area contributed by atoms with Crippen LogP contribution in [0.4, 0.5) is 0 Å². The first-order chi connectivity index (χ1) is 6.45. The summed E-state index contributed by atoms with van der Waals surface area (Å²) in [5.74, 6) is 0. The lowest BCUT2D eigenvalue weighted by molar-refractivity contribution is 0.240. The minimum Gasteiger partial charge on any atom is -0.297 e. The minimum absolute atomic E-state index is 0.991. The van der Waals surface area contributed by atoms with E-state index in [2.05, 4.69) is 15.1 Å². The third-order valence-corrected chi connectivity index (χ3v) is 2.83. The maximum Gasteiger partial charge on any atom is 0.136 e. The van der Waals surface area contributed by atoms with E-state index < -0.39 is 0 Å². The molecule has 0 unspecified atom stereocenters. The van der Waals surface area contributed by atoms with Gasteiger partial charge in [0.05, 0.1) is 6.21 Å². The van der Waals surface area contributed by atoms with Crippen molar-refractivity contribution in [2.45, 2.75) is 19.3 Å². The molecule has 0 bridgehead atoms. The maximum atomic E-state index is 4.38. The van der Waals surface area contributed by atoms with Crippen molar-refractivity contribution in [3.63, 3.8) is 0 Å². The molecule has 0 spiro atoms. The van der Waals surface area contributed by atoms with Gasteiger partial charge in [0.15, 0.2) is 0 Å². The van der Waals surface area contributed by atoms with E-state index in [1.807, 2.05) is 17.8 Å². The molecule has 0 saturated carbocycles. The summed E-state index contributed by atoms with van der Waals surface area (Å²) in [5, 5.41) is 9.47. The van der Waals surface area contributed by atoms with E-state index in [1.54, 1.807) is 11.3 Å². The van der Waals surface area contributed by atoms with E-state index in [1.165, 1.54) is 19.3 Å². The number of hydrogen-bond acceptors (Lipinski definition) is 4. The highest BCUT2D eigenvalue weighted by Gasteiger charge is 2.05. The summed E-state index contributed by atoms with van der Waals surface area (Å²) in [5.41, 5.74) is 0. The molecular weight excluding hydrogens is 182 g/mol. The largest absolute Gasteiger partial charge is 0.297 e. The Kier molecular flexibility index (Phi) is 2.92. The first kappa shape index (κ1) is 8.69. The van der Waals surface area contributed by atoms with Crippen molar-refractivity contribution in [1.29, 1.82) is 0 Å². The van der Waals surface area contributed by atoms with Crippen LogP contribution in [0, 0.1) is 0 Å². The van der Waals surface area contributed by atoms with Crippen LogP contribution in [0.25, 0.3) is 0 Å². The van der Waals surface area contributed by atoms with Crippen molar-refractivity contribution in [2.24, 2.45) is 5.10 Å². The molecule has 0 N–H and O–H groups in total. The minimum atomic E-state index is 0.991. The Balaban J connectivity index is 1.89. The Morgan fingerprint density at radius 3 is 2.92 bits per heavy atom. The van der Waals surface area contributed by atoms with Gasteiger partial charge in [0.25, 0.3) is 0 Å². The van der Waals surface area contributed by atoms with Gasteiger partial charge in [0.1, 0.15) is 5.01 Å². The van der Waals surface area contributed by atoms with Gasteiger partial charge in [-0.05, 0) is 19.3 Å². The van der Waals surface area contributed by atoms with Gasteiger partial charge in [0.2, 0.25) is 0 Å². The molecule has 3 nitrogen and oxygen atoms in total. The second-order valence-corrected chi connectivity index (χ2v) is 4.06. The molecule has 0 amide bonds. The molecule has 1 aliphatic heterocycles. The molecule has 1 aromatic rings. The number of piperidine rings is 1. The van der Waals surface area contributed by atoms with Gasteiger partial charge in [-0.3, -0.25) is 5.01 Å². The second-order valence-electron chi connectivity index (χ2n) is 3.13. The molecular formula is C9H13N3S. The SMILES string of the molecule is C(=N\N1CCCCC1)/c1nccs1. The summed E-state index contributed by atoms with van der Waals surface area (Å²) in [6, 6.07) is 0. The van der Waals surface area contributed by atoms with E-state index in [4.69, 9.17) is 0 Å². The smallest absolute Gasteiger partial charge is 0.136 e. The van der Waals surface area contributed by atoms with Gasteiger partial charge in [-0.2, -0.15) is 5.10 Å². The summed E-state index contributed by atoms with van der Waals surface area (Å²) in [6.45, 7) is 2.20. The molecule has 0 aliphatic carbocycles. The molecule has 1 saturated heterocycles. The van der Waals surface area contributed by atoms with E-state index in [0.717, 1.165) is 18.1 Å². The molecule has 4 heteroatoms. The summed E-state index contributed by atoms with van der Waals surface area (Å²) in [4.78, 5) is 4.14. The van der Waals surface area contributed by atoms with Crippen LogP contribution in [0.3, 0.4) is 0 Å². The third kappa shape index (κ3) is 2.52. The number of rotatable bonds is 2. The molecule has 1 aliphatic rings. The van der Waals surface area contributed by atoms with Gasteiger partial charge in [-0.1, -0.05) is 0 Å². The molecule has 13 heavy (non-hydrogen) atoms. The van der Waals surface area contributed by atoms with Crippen LogP contribution in [-0.2, 0) is 0 Å². The standard InChI is InChI=1S/C9H13N3S/c1-2-5-12(6-3-1)11-8-9-10-4-7-13-9/h4,7-8H,1-3,5-6H2/b11-8+.